The number of hydrogen-bond acceptors (Lipinski definition) is 5. The molecule has 0 bridgehead atoms. The van der Waals surface area contributed by atoms with Gasteiger partial charge in [0.05, 0.1) is 23.3 Å². The van der Waals surface area contributed by atoms with E-state index in [-0.39, 0.29) is 5.75 Å². The number of anilines is 3. The van der Waals surface area contributed by atoms with Gasteiger partial charge < -0.3 is 10.6 Å². The molecule has 8 nitrogen and oxygen atoms in total. The maximum absolute atomic E-state index is 12.2. The zero-order valence-electron chi connectivity index (χ0n) is 14.1. The van der Waals surface area contributed by atoms with Crippen LogP contribution in [0.3, 0.4) is 0 Å². The van der Waals surface area contributed by atoms with Crippen LogP contribution in [-0.2, 0) is 19.6 Å². The lowest BCUT2D eigenvalue weighted by Gasteiger charge is -2.19. The van der Waals surface area contributed by atoms with E-state index in [1.807, 2.05) is 0 Å². The Hall–Kier alpha value is -2.94. The summed E-state index contributed by atoms with van der Waals surface area (Å²) in [7, 11) is -3.32. The monoisotopic (exact) mass is 374 g/mol. The fourth-order valence-electron chi connectivity index (χ4n) is 2.63. The molecule has 2 amide bonds. The van der Waals surface area contributed by atoms with Crippen LogP contribution >= 0.6 is 0 Å². The van der Waals surface area contributed by atoms with E-state index in [0.29, 0.717) is 35.6 Å². The highest BCUT2D eigenvalue weighted by Crippen LogP contribution is 2.28. The lowest BCUT2D eigenvalue weighted by atomic mass is 10.1. The first kappa shape index (κ1) is 17.9. The van der Waals surface area contributed by atoms with Gasteiger partial charge in [-0.2, -0.15) is 0 Å². The number of pyridine rings is 1. The van der Waals surface area contributed by atoms with Crippen molar-refractivity contribution in [2.45, 2.75) is 13.3 Å². The molecule has 26 heavy (non-hydrogen) atoms. The second kappa shape index (κ2) is 7.12. The first-order valence-electron chi connectivity index (χ1n) is 8.00. The second-order valence-electron chi connectivity index (χ2n) is 5.89. The Morgan fingerprint density at radius 3 is 2.58 bits per heavy atom. The number of carbonyl (C=O) groups is 2. The summed E-state index contributed by atoms with van der Waals surface area (Å²) in [5, 5.41) is 4.97. The standard InChI is InChI=1S/C17H18N4O4S/c1-12-5-6-14(21-8-3-9-26(21,24)25)10-15(12)20-17(23)16(22)19-13-4-2-7-18-11-13/h2,4-7,10-11H,3,8-9H2,1H3,(H,19,22)(H,20,23). The fourth-order valence-corrected chi connectivity index (χ4v) is 4.19. The number of aryl methyl sites for hydroxylation is 1. The number of nitrogens with zero attached hydrogens (tertiary/aromatic N) is 2. The Kier molecular flexibility index (Phi) is 4.90. The number of amides is 2. The van der Waals surface area contributed by atoms with Crippen molar-refractivity contribution in [3.8, 4) is 0 Å². The fraction of sp³-hybridized carbons (Fsp3) is 0.235. The van der Waals surface area contributed by atoms with Crippen molar-refractivity contribution in [3.05, 3.63) is 48.3 Å². The van der Waals surface area contributed by atoms with Gasteiger partial charge in [0.25, 0.3) is 0 Å². The molecule has 9 heteroatoms. The van der Waals surface area contributed by atoms with Crippen LogP contribution in [-0.4, -0.2) is 37.5 Å². The van der Waals surface area contributed by atoms with Gasteiger partial charge >= 0.3 is 11.8 Å². The number of sulfonamides is 1. The number of aromatic nitrogens is 1. The first-order valence-corrected chi connectivity index (χ1v) is 9.61. The van der Waals surface area contributed by atoms with E-state index in [4.69, 9.17) is 0 Å². The van der Waals surface area contributed by atoms with Crippen LogP contribution in [0.5, 0.6) is 0 Å². The molecule has 0 unspecified atom stereocenters. The SMILES string of the molecule is Cc1ccc(N2CCCS2(=O)=O)cc1NC(=O)C(=O)Nc1cccnc1. The Bertz CT molecular complexity index is 944. The minimum Gasteiger partial charge on any atom is -0.317 e. The molecule has 1 aliphatic heterocycles. The molecule has 0 radical (unpaired) electrons. The van der Waals surface area contributed by atoms with Gasteiger partial charge in [-0.1, -0.05) is 6.07 Å². The molecule has 0 aliphatic carbocycles. The van der Waals surface area contributed by atoms with Gasteiger partial charge in [-0.25, -0.2) is 8.42 Å². The van der Waals surface area contributed by atoms with E-state index in [1.165, 1.54) is 10.5 Å². The summed E-state index contributed by atoms with van der Waals surface area (Å²) in [6, 6.07) is 8.20. The molecular formula is C17H18N4O4S. The molecule has 1 aliphatic rings. The van der Waals surface area contributed by atoms with Crippen molar-refractivity contribution >= 4 is 38.9 Å². The zero-order chi connectivity index (χ0) is 18.7. The van der Waals surface area contributed by atoms with Crippen LogP contribution < -0.4 is 14.9 Å². The number of carbonyl (C=O) groups excluding carboxylic acids is 2. The van der Waals surface area contributed by atoms with Crippen molar-refractivity contribution in [2.75, 3.05) is 27.2 Å². The zero-order valence-corrected chi connectivity index (χ0v) is 14.9. The Morgan fingerprint density at radius 2 is 1.92 bits per heavy atom. The van der Waals surface area contributed by atoms with E-state index in [0.717, 1.165) is 0 Å². The smallest absolute Gasteiger partial charge is 0.314 e. The summed E-state index contributed by atoms with van der Waals surface area (Å²) < 4.78 is 25.4. The second-order valence-corrected chi connectivity index (χ2v) is 7.90. The highest BCUT2D eigenvalue weighted by atomic mass is 32.2. The molecule has 0 spiro atoms. The molecule has 1 saturated heterocycles. The van der Waals surface area contributed by atoms with Gasteiger partial charge in [0.15, 0.2) is 0 Å². The predicted octanol–water partition coefficient (Wildman–Crippen LogP) is 1.51. The molecular weight excluding hydrogens is 356 g/mol. The molecule has 2 N–H and O–H groups in total. The Labute approximate surface area is 151 Å². The van der Waals surface area contributed by atoms with Gasteiger partial charge in [-0.05, 0) is 43.2 Å². The Morgan fingerprint density at radius 1 is 1.15 bits per heavy atom. The lowest BCUT2D eigenvalue weighted by Crippen LogP contribution is -2.29. The normalized spacial score (nSPS) is 15.5. The minimum absolute atomic E-state index is 0.107. The van der Waals surface area contributed by atoms with Gasteiger partial charge in [0.2, 0.25) is 10.0 Å². The highest BCUT2D eigenvalue weighted by Gasteiger charge is 2.28. The first-order chi connectivity index (χ1) is 12.4. The van der Waals surface area contributed by atoms with Crippen LogP contribution in [0.1, 0.15) is 12.0 Å². The van der Waals surface area contributed by atoms with Crippen LogP contribution in [0.15, 0.2) is 42.7 Å². The largest absolute Gasteiger partial charge is 0.317 e. The number of hydrogen-bond donors (Lipinski definition) is 2. The summed E-state index contributed by atoms with van der Waals surface area (Å²) in [5.74, 6) is -1.58. The molecule has 2 aromatic rings. The van der Waals surface area contributed by atoms with E-state index < -0.39 is 21.8 Å². The molecule has 136 valence electrons. The summed E-state index contributed by atoms with van der Waals surface area (Å²) >= 11 is 0. The molecule has 0 atom stereocenters. The molecule has 3 rings (SSSR count). The lowest BCUT2D eigenvalue weighted by molar-refractivity contribution is -0.133. The van der Waals surface area contributed by atoms with Crippen LogP contribution in [0.2, 0.25) is 0 Å². The average molecular weight is 374 g/mol. The third kappa shape index (κ3) is 3.83. The van der Waals surface area contributed by atoms with Crippen LogP contribution in [0.25, 0.3) is 0 Å². The van der Waals surface area contributed by atoms with E-state index in [9.17, 15) is 18.0 Å². The third-order valence-electron chi connectivity index (χ3n) is 3.98. The summed E-state index contributed by atoms with van der Waals surface area (Å²) in [6.07, 6.45) is 3.54. The quantitative estimate of drug-likeness (QED) is 0.792. The topological polar surface area (TPSA) is 108 Å². The van der Waals surface area contributed by atoms with Crippen molar-refractivity contribution in [2.24, 2.45) is 0 Å². The van der Waals surface area contributed by atoms with Gasteiger partial charge in [0.1, 0.15) is 0 Å². The summed E-state index contributed by atoms with van der Waals surface area (Å²) in [5.41, 5.74) is 1.97. The number of benzene rings is 1. The molecule has 1 aromatic heterocycles. The third-order valence-corrected chi connectivity index (χ3v) is 5.85. The molecule has 1 aromatic carbocycles. The molecule has 1 fully saturated rings. The van der Waals surface area contributed by atoms with Gasteiger partial charge in [-0.3, -0.25) is 18.9 Å². The van der Waals surface area contributed by atoms with E-state index in [2.05, 4.69) is 15.6 Å². The predicted molar refractivity (Wildman–Crippen MR) is 98.4 cm³/mol. The van der Waals surface area contributed by atoms with Gasteiger partial charge in [0, 0.05) is 18.4 Å². The van der Waals surface area contributed by atoms with Crippen LogP contribution in [0, 0.1) is 6.92 Å². The number of nitrogens with one attached hydrogen (secondary N) is 2. The minimum atomic E-state index is -3.32. The van der Waals surface area contributed by atoms with Crippen molar-refractivity contribution in [1.29, 1.82) is 0 Å². The van der Waals surface area contributed by atoms with E-state index in [1.54, 1.807) is 43.5 Å². The summed E-state index contributed by atoms with van der Waals surface area (Å²) in [6.45, 7) is 2.16. The molecule has 0 saturated carbocycles. The molecule has 2 heterocycles. The van der Waals surface area contributed by atoms with Gasteiger partial charge in [-0.15, -0.1) is 0 Å². The maximum Gasteiger partial charge on any atom is 0.314 e. The van der Waals surface area contributed by atoms with Crippen molar-refractivity contribution in [1.82, 2.24) is 4.98 Å². The average Bonchev–Trinajstić information content (AvgIpc) is 2.97. The van der Waals surface area contributed by atoms with Crippen molar-refractivity contribution < 1.29 is 18.0 Å². The number of rotatable bonds is 3. The van der Waals surface area contributed by atoms with Crippen LogP contribution in [0.4, 0.5) is 17.1 Å². The highest BCUT2D eigenvalue weighted by molar-refractivity contribution is 7.93. The van der Waals surface area contributed by atoms with Crippen molar-refractivity contribution in [3.63, 3.8) is 0 Å². The van der Waals surface area contributed by atoms with E-state index >= 15 is 0 Å². The Balaban J connectivity index is 1.76. The maximum atomic E-state index is 12.2. The summed E-state index contributed by atoms with van der Waals surface area (Å²) in [4.78, 5) is 28.0.